The van der Waals surface area contributed by atoms with Crippen molar-refractivity contribution in [1.29, 1.82) is 0 Å². The molecule has 3 N–H and O–H groups in total. The number of nitrogens with zero attached hydrogens (tertiary/aromatic N) is 1. The Kier molecular flexibility index (Phi) is 3.16. The van der Waals surface area contributed by atoms with Crippen LogP contribution < -0.4 is 10.6 Å². The number of halogens is 1. The number of fused-ring (bicyclic) bond motifs is 1. The number of carbonyl (C=O) groups is 1. The predicted octanol–water partition coefficient (Wildman–Crippen LogP) is 1.07. The first-order chi connectivity index (χ1) is 9.22. The van der Waals surface area contributed by atoms with Crippen molar-refractivity contribution in [2.75, 3.05) is 6.54 Å². The summed E-state index contributed by atoms with van der Waals surface area (Å²) in [5.41, 5.74) is 1.34. The molecule has 100 valence electrons. The van der Waals surface area contributed by atoms with Crippen LogP contribution in [0.2, 0.25) is 0 Å². The third-order valence-electron chi connectivity index (χ3n) is 3.30. The van der Waals surface area contributed by atoms with Gasteiger partial charge in [-0.1, -0.05) is 0 Å². The lowest BCUT2D eigenvalue weighted by Gasteiger charge is -2.09. The lowest BCUT2D eigenvalue weighted by atomic mass is 10.2. The minimum Gasteiger partial charge on any atom is -0.348 e. The fourth-order valence-electron chi connectivity index (χ4n) is 2.32. The van der Waals surface area contributed by atoms with Crippen LogP contribution in [-0.4, -0.2) is 28.5 Å². The maximum absolute atomic E-state index is 13.0. The van der Waals surface area contributed by atoms with E-state index in [2.05, 4.69) is 20.6 Å². The van der Waals surface area contributed by atoms with Crippen molar-refractivity contribution < 1.29 is 9.18 Å². The van der Waals surface area contributed by atoms with E-state index in [0.717, 1.165) is 19.4 Å². The highest BCUT2D eigenvalue weighted by molar-refractivity contribution is 5.82. The van der Waals surface area contributed by atoms with Crippen LogP contribution in [0.5, 0.6) is 0 Å². The Morgan fingerprint density at radius 3 is 3.21 bits per heavy atom. The lowest BCUT2D eigenvalue weighted by molar-refractivity contribution is -0.122. The molecule has 0 spiro atoms. The molecule has 1 aliphatic heterocycles. The minimum absolute atomic E-state index is 0.0101. The summed E-state index contributed by atoms with van der Waals surface area (Å²) in [5, 5.41) is 5.96. The standard InChI is InChI=1S/C13H15FN4O/c14-8-3-4-9-11(6-8)18-12(17-9)7-16-13(19)10-2-1-5-15-10/h3-4,6,10,15H,1-2,5,7H2,(H,16,19)(H,17,18). The molecule has 0 radical (unpaired) electrons. The van der Waals surface area contributed by atoms with Crippen molar-refractivity contribution in [3.05, 3.63) is 29.8 Å². The van der Waals surface area contributed by atoms with E-state index in [4.69, 9.17) is 0 Å². The first-order valence-electron chi connectivity index (χ1n) is 6.37. The number of hydrogen-bond acceptors (Lipinski definition) is 3. The second-order valence-corrected chi connectivity index (χ2v) is 4.71. The maximum atomic E-state index is 13.0. The van der Waals surface area contributed by atoms with Gasteiger partial charge in [0.15, 0.2) is 0 Å². The average Bonchev–Trinajstić information content (AvgIpc) is 3.04. The molecule has 0 aliphatic carbocycles. The van der Waals surface area contributed by atoms with Gasteiger partial charge < -0.3 is 15.6 Å². The van der Waals surface area contributed by atoms with Crippen LogP contribution in [0.15, 0.2) is 18.2 Å². The Labute approximate surface area is 109 Å². The topological polar surface area (TPSA) is 69.8 Å². The van der Waals surface area contributed by atoms with Crippen LogP contribution in [0.25, 0.3) is 11.0 Å². The van der Waals surface area contributed by atoms with E-state index in [1.807, 2.05) is 0 Å². The molecule has 6 heteroatoms. The molecule has 1 unspecified atom stereocenters. The largest absolute Gasteiger partial charge is 0.348 e. The fourth-order valence-corrected chi connectivity index (χ4v) is 2.32. The molecule has 1 fully saturated rings. The SMILES string of the molecule is O=C(NCc1nc2ccc(F)cc2[nH]1)C1CCCN1. The lowest BCUT2D eigenvalue weighted by Crippen LogP contribution is -2.40. The molecule has 1 atom stereocenters. The molecule has 1 aliphatic rings. The normalized spacial score (nSPS) is 18.9. The van der Waals surface area contributed by atoms with Crippen LogP contribution in [0.1, 0.15) is 18.7 Å². The number of carbonyl (C=O) groups excluding carboxylic acids is 1. The number of nitrogens with one attached hydrogen (secondary N) is 3. The molecule has 1 aromatic heterocycles. The molecule has 1 saturated heterocycles. The van der Waals surface area contributed by atoms with Crippen LogP contribution in [0, 0.1) is 5.82 Å². The van der Waals surface area contributed by atoms with Crippen LogP contribution in [0.4, 0.5) is 4.39 Å². The van der Waals surface area contributed by atoms with Crippen molar-refractivity contribution in [3.63, 3.8) is 0 Å². The Morgan fingerprint density at radius 1 is 1.53 bits per heavy atom. The summed E-state index contributed by atoms with van der Waals surface area (Å²) in [4.78, 5) is 19.1. The summed E-state index contributed by atoms with van der Waals surface area (Å²) < 4.78 is 13.0. The molecule has 1 aromatic carbocycles. The van der Waals surface area contributed by atoms with Crippen molar-refractivity contribution in [3.8, 4) is 0 Å². The van der Waals surface area contributed by atoms with Crippen LogP contribution in [-0.2, 0) is 11.3 Å². The molecule has 3 rings (SSSR count). The molecule has 0 saturated carbocycles. The molecular formula is C13H15FN4O. The zero-order valence-corrected chi connectivity index (χ0v) is 10.4. The zero-order valence-electron chi connectivity index (χ0n) is 10.4. The molecule has 2 aromatic rings. The molecule has 1 amide bonds. The van der Waals surface area contributed by atoms with E-state index in [1.54, 1.807) is 6.07 Å². The quantitative estimate of drug-likeness (QED) is 0.775. The van der Waals surface area contributed by atoms with Gasteiger partial charge in [0.25, 0.3) is 0 Å². The monoisotopic (exact) mass is 262 g/mol. The van der Waals surface area contributed by atoms with Gasteiger partial charge in [-0.05, 0) is 37.6 Å². The Hall–Kier alpha value is -1.95. The van der Waals surface area contributed by atoms with Crippen molar-refractivity contribution in [2.24, 2.45) is 0 Å². The van der Waals surface area contributed by atoms with Gasteiger partial charge in [0, 0.05) is 0 Å². The number of imidazole rings is 1. The minimum atomic E-state index is -0.304. The second-order valence-electron chi connectivity index (χ2n) is 4.71. The van der Waals surface area contributed by atoms with E-state index in [1.165, 1.54) is 12.1 Å². The van der Waals surface area contributed by atoms with E-state index < -0.39 is 0 Å². The Morgan fingerprint density at radius 2 is 2.42 bits per heavy atom. The van der Waals surface area contributed by atoms with Gasteiger partial charge >= 0.3 is 0 Å². The average molecular weight is 262 g/mol. The number of aromatic nitrogens is 2. The van der Waals surface area contributed by atoms with Gasteiger partial charge in [0.1, 0.15) is 11.6 Å². The van der Waals surface area contributed by atoms with Crippen LogP contribution in [0.3, 0.4) is 0 Å². The predicted molar refractivity (Wildman–Crippen MR) is 68.9 cm³/mol. The molecular weight excluding hydrogens is 247 g/mol. The molecule has 0 bridgehead atoms. The van der Waals surface area contributed by atoms with E-state index in [9.17, 15) is 9.18 Å². The molecule has 2 heterocycles. The number of aromatic amines is 1. The second kappa shape index (κ2) is 4.97. The number of rotatable bonds is 3. The van der Waals surface area contributed by atoms with E-state index in [0.29, 0.717) is 23.4 Å². The third-order valence-corrected chi connectivity index (χ3v) is 3.30. The Balaban J connectivity index is 1.66. The summed E-state index contributed by atoms with van der Waals surface area (Å²) >= 11 is 0. The van der Waals surface area contributed by atoms with Gasteiger partial charge in [-0.3, -0.25) is 4.79 Å². The van der Waals surface area contributed by atoms with Crippen LogP contribution >= 0.6 is 0 Å². The number of hydrogen-bond donors (Lipinski definition) is 3. The number of H-pyrrole nitrogens is 1. The first kappa shape index (κ1) is 12.1. The highest BCUT2D eigenvalue weighted by Gasteiger charge is 2.21. The molecule has 19 heavy (non-hydrogen) atoms. The smallest absolute Gasteiger partial charge is 0.237 e. The maximum Gasteiger partial charge on any atom is 0.237 e. The van der Waals surface area contributed by atoms with Gasteiger partial charge in [-0.25, -0.2) is 9.37 Å². The number of benzene rings is 1. The van der Waals surface area contributed by atoms with Gasteiger partial charge in [0.2, 0.25) is 5.91 Å². The highest BCUT2D eigenvalue weighted by Crippen LogP contribution is 2.13. The Bertz CT molecular complexity index is 604. The van der Waals surface area contributed by atoms with Gasteiger partial charge in [-0.2, -0.15) is 0 Å². The zero-order chi connectivity index (χ0) is 13.2. The highest BCUT2D eigenvalue weighted by atomic mass is 19.1. The van der Waals surface area contributed by atoms with E-state index in [-0.39, 0.29) is 17.8 Å². The van der Waals surface area contributed by atoms with Crippen molar-refractivity contribution in [2.45, 2.75) is 25.4 Å². The summed E-state index contributed by atoms with van der Waals surface area (Å²) in [6.45, 7) is 1.22. The third kappa shape index (κ3) is 2.58. The van der Waals surface area contributed by atoms with Gasteiger partial charge in [-0.15, -0.1) is 0 Å². The fraction of sp³-hybridized carbons (Fsp3) is 0.385. The van der Waals surface area contributed by atoms with Crippen molar-refractivity contribution in [1.82, 2.24) is 20.6 Å². The summed E-state index contributed by atoms with van der Waals surface area (Å²) in [5.74, 6) is 0.318. The van der Waals surface area contributed by atoms with E-state index >= 15 is 0 Å². The first-order valence-corrected chi connectivity index (χ1v) is 6.37. The summed E-state index contributed by atoms with van der Waals surface area (Å²) in [6.07, 6.45) is 1.90. The summed E-state index contributed by atoms with van der Waals surface area (Å²) in [6, 6.07) is 4.28. The van der Waals surface area contributed by atoms with Gasteiger partial charge in [0.05, 0.1) is 23.6 Å². The summed E-state index contributed by atoms with van der Waals surface area (Å²) in [7, 11) is 0. The molecule has 5 nitrogen and oxygen atoms in total. The van der Waals surface area contributed by atoms with Crippen molar-refractivity contribution >= 4 is 16.9 Å². The number of amides is 1.